The molecule has 1 heterocycles. The largest absolute Gasteiger partial charge is 0.345 e. The summed E-state index contributed by atoms with van der Waals surface area (Å²) in [6.07, 6.45) is 7.25. The van der Waals surface area contributed by atoms with E-state index in [1.807, 2.05) is 60.7 Å². The van der Waals surface area contributed by atoms with Gasteiger partial charge in [-0.2, -0.15) is 0 Å². The summed E-state index contributed by atoms with van der Waals surface area (Å²) in [5.74, 6) is 2.79. The van der Waals surface area contributed by atoms with E-state index in [0.717, 1.165) is 48.1 Å². The Morgan fingerprint density at radius 1 is 0.871 bits per heavy atom. The van der Waals surface area contributed by atoms with Crippen LogP contribution in [0.25, 0.3) is 22.6 Å². The molecule has 3 saturated carbocycles. The van der Waals surface area contributed by atoms with Crippen molar-refractivity contribution in [1.82, 2.24) is 20.5 Å². The first kappa shape index (κ1) is 18.7. The minimum atomic E-state index is -0.120. The van der Waals surface area contributed by atoms with Crippen LogP contribution in [-0.4, -0.2) is 26.6 Å². The van der Waals surface area contributed by atoms with Crippen molar-refractivity contribution in [2.75, 3.05) is 0 Å². The van der Waals surface area contributed by atoms with E-state index < -0.39 is 0 Å². The SMILES string of the molecule is O=C(NC12CCC3CC(CC3C1)C2)c1nc(-c2ccccc2)nnc1-c1ccccc1. The molecular formula is C26H26N4O. The highest BCUT2D eigenvalue weighted by atomic mass is 16.2. The first-order valence-corrected chi connectivity index (χ1v) is 11.4. The fourth-order valence-electron chi connectivity index (χ4n) is 6.36. The van der Waals surface area contributed by atoms with Crippen LogP contribution in [0.5, 0.6) is 0 Å². The molecule has 3 aliphatic carbocycles. The number of benzene rings is 2. The standard InChI is InChI=1S/C26H26N4O/c31-25(28-26-12-11-20-13-17(15-26)14-21(20)16-26)23-22(18-7-3-1-4-8-18)29-30-24(27-23)19-9-5-2-6-10-19/h1-10,17,20-21H,11-16H2,(H,28,31). The van der Waals surface area contributed by atoms with Crippen LogP contribution in [0.3, 0.4) is 0 Å². The van der Waals surface area contributed by atoms with E-state index in [4.69, 9.17) is 4.98 Å². The minimum Gasteiger partial charge on any atom is -0.345 e. The Morgan fingerprint density at radius 2 is 1.58 bits per heavy atom. The molecule has 0 radical (unpaired) electrons. The molecule has 1 aromatic heterocycles. The van der Waals surface area contributed by atoms with Crippen molar-refractivity contribution in [2.45, 2.75) is 44.1 Å². The Morgan fingerprint density at radius 3 is 2.35 bits per heavy atom. The van der Waals surface area contributed by atoms with Gasteiger partial charge in [-0.1, -0.05) is 60.7 Å². The number of fused-ring (bicyclic) bond motifs is 2. The lowest BCUT2D eigenvalue weighted by molar-refractivity contribution is 0.0723. The number of carbonyl (C=O) groups is 1. The molecule has 3 bridgehead atoms. The Bertz CT molecular complexity index is 1110. The molecule has 1 amide bonds. The number of carbonyl (C=O) groups excluding carboxylic acids is 1. The van der Waals surface area contributed by atoms with Gasteiger partial charge in [-0.05, 0) is 56.3 Å². The van der Waals surface area contributed by atoms with Gasteiger partial charge in [0.2, 0.25) is 0 Å². The van der Waals surface area contributed by atoms with Gasteiger partial charge >= 0.3 is 0 Å². The van der Waals surface area contributed by atoms with Crippen molar-refractivity contribution < 1.29 is 4.79 Å². The summed E-state index contributed by atoms with van der Waals surface area (Å²) < 4.78 is 0. The van der Waals surface area contributed by atoms with E-state index in [9.17, 15) is 4.79 Å². The van der Waals surface area contributed by atoms with Crippen LogP contribution in [0.15, 0.2) is 60.7 Å². The number of hydrogen-bond donors (Lipinski definition) is 1. The summed E-state index contributed by atoms with van der Waals surface area (Å²) in [5.41, 5.74) is 2.55. The minimum absolute atomic E-state index is 0.0799. The van der Waals surface area contributed by atoms with Gasteiger partial charge in [0.05, 0.1) is 0 Å². The van der Waals surface area contributed by atoms with E-state index in [0.29, 0.717) is 17.2 Å². The molecule has 6 rings (SSSR count). The highest BCUT2D eigenvalue weighted by molar-refractivity contribution is 5.98. The van der Waals surface area contributed by atoms with Crippen LogP contribution in [0.1, 0.15) is 49.0 Å². The van der Waals surface area contributed by atoms with Crippen molar-refractivity contribution >= 4 is 5.91 Å². The number of amides is 1. The van der Waals surface area contributed by atoms with Gasteiger partial charge in [0.1, 0.15) is 5.69 Å². The molecule has 3 fully saturated rings. The Balaban J connectivity index is 1.38. The Hall–Kier alpha value is -3.08. The summed E-state index contributed by atoms with van der Waals surface area (Å²) in [7, 11) is 0. The molecular weight excluding hydrogens is 384 g/mol. The lowest BCUT2D eigenvalue weighted by atomic mass is 9.67. The van der Waals surface area contributed by atoms with Crippen molar-refractivity contribution in [3.8, 4) is 22.6 Å². The summed E-state index contributed by atoms with van der Waals surface area (Å²) >= 11 is 0. The van der Waals surface area contributed by atoms with Crippen molar-refractivity contribution in [3.05, 3.63) is 66.4 Å². The number of hydrogen-bond acceptors (Lipinski definition) is 4. The monoisotopic (exact) mass is 410 g/mol. The molecule has 4 atom stereocenters. The first-order chi connectivity index (χ1) is 15.2. The second kappa shape index (κ2) is 7.26. The molecule has 156 valence electrons. The fraction of sp³-hybridized carbons (Fsp3) is 0.385. The lowest BCUT2D eigenvalue weighted by Gasteiger charge is -2.45. The van der Waals surface area contributed by atoms with Gasteiger partial charge in [0, 0.05) is 16.7 Å². The normalized spacial score (nSPS) is 28.5. The Kier molecular flexibility index (Phi) is 4.37. The van der Waals surface area contributed by atoms with Gasteiger partial charge in [-0.25, -0.2) is 4.98 Å². The zero-order valence-electron chi connectivity index (χ0n) is 17.5. The molecule has 1 N–H and O–H groups in total. The average molecular weight is 411 g/mol. The van der Waals surface area contributed by atoms with Gasteiger partial charge in [0.15, 0.2) is 11.5 Å². The van der Waals surface area contributed by atoms with Crippen LogP contribution in [0.4, 0.5) is 0 Å². The maximum absolute atomic E-state index is 13.7. The predicted octanol–water partition coefficient (Wildman–Crippen LogP) is 4.90. The highest BCUT2D eigenvalue weighted by Gasteiger charge is 2.52. The molecule has 0 spiro atoms. The molecule has 4 unspecified atom stereocenters. The topological polar surface area (TPSA) is 67.8 Å². The zero-order valence-corrected chi connectivity index (χ0v) is 17.5. The zero-order chi connectivity index (χ0) is 20.8. The van der Waals surface area contributed by atoms with E-state index in [-0.39, 0.29) is 11.4 Å². The maximum atomic E-state index is 13.7. The lowest BCUT2D eigenvalue weighted by Crippen LogP contribution is -2.54. The van der Waals surface area contributed by atoms with Crippen LogP contribution >= 0.6 is 0 Å². The molecule has 3 aliphatic rings. The Labute approximate surface area is 182 Å². The number of rotatable bonds is 4. The molecule has 0 saturated heterocycles. The molecule has 2 aromatic carbocycles. The first-order valence-electron chi connectivity index (χ1n) is 11.4. The third-order valence-electron chi connectivity index (χ3n) is 7.62. The summed E-state index contributed by atoms with van der Waals surface area (Å²) in [6, 6.07) is 19.5. The fourth-order valence-corrected chi connectivity index (χ4v) is 6.36. The van der Waals surface area contributed by atoms with Crippen LogP contribution in [0, 0.1) is 17.8 Å². The van der Waals surface area contributed by atoms with Gasteiger partial charge < -0.3 is 5.32 Å². The summed E-state index contributed by atoms with van der Waals surface area (Å²) in [5, 5.41) is 12.3. The molecule has 5 nitrogen and oxygen atoms in total. The quantitative estimate of drug-likeness (QED) is 0.664. The van der Waals surface area contributed by atoms with Crippen LogP contribution in [-0.2, 0) is 0 Å². The van der Waals surface area contributed by atoms with Crippen LogP contribution < -0.4 is 5.32 Å². The molecule has 31 heavy (non-hydrogen) atoms. The van der Waals surface area contributed by atoms with Gasteiger partial charge in [-0.15, -0.1) is 10.2 Å². The third kappa shape index (κ3) is 3.32. The van der Waals surface area contributed by atoms with Crippen molar-refractivity contribution in [3.63, 3.8) is 0 Å². The van der Waals surface area contributed by atoms with E-state index in [2.05, 4.69) is 15.5 Å². The van der Waals surface area contributed by atoms with E-state index >= 15 is 0 Å². The molecule has 3 aromatic rings. The van der Waals surface area contributed by atoms with Crippen LogP contribution in [0.2, 0.25) is 0 Å². The average Bonchev–Trinajstić information content (AvgIpc) is 3.04. The second-order valence-electron chi connectivity index (χ2n) is 9.60. The number of nitrogens with zero attached hydrogens (tertiary/aromatic N) is 3. The third-order valence-corrected chi connectivity index (χ3v) is 7.62. The highest BCUT2D eigenvalue weighted by Crippen LogP contribution is 2.56. The van der Waals surface area contributed by atoms with Crippen molar-refractivity contribution in [2.24, 2.45) is 17.8 Å². The summed E-state index contributed by atoms with van der Waals surface area (Å²) in [6.45, 7) is 0. The molecule has 5 heteroatoms. The van der Waals surface area contributed by atoms with E-state index in [1.54, 1.807) is 0 Å². The van der Waals surface area contributed by atoms with Gasteiger partial charge in [0.25, 0.3) is 5.91 Å². The molecule has 0 aliphatic heterocycles. The number of nitrogens with one attached hydrogen (secondary N) is 1. The second-order valence-corrected chi connectivity index (χ2v) is 9.60. The van der Waals surface area contributed by atoms with Crippen molar-refractivity contribution in [1.29, 1.82) is 0 Å². The predicted molar refractivity (Wildman–Crippen MR) is 119 cm³/mol. The van der Waals surface area contributed by atoms with Gasteiger partial charge in [-0.3, -0.25) is 4.79 Å². The van der Waals surface area contributed by atoms with E-state index in [1.165, 1.54) is 19.3 Å². The smallest absolute Gasteiger partial charge is 0.272 e. The maximum Gasteiger partial charge on any atom is 0.272 e. The number of aromatic nitrogens is 3. The summed E-state index contributed by atoms with van der Waals surface area (Å²) in [4.78, 5) is 18.4.